The topological polar surface area (TPSA) is 72.5 Å². The molecule has 0 saturated heterocycles. The molecule has 1 amide bonds. The van der Waals surface area contributed by atoms with Crippen molar-refractivity contribution in [2.24, 2.45) is 17.3 Å². The predicted molar refractivity (Wildman–Crippen MR) is 105 cm³/mol. The van der Waals surface area contributed by atoms with E-state index in [1.54, 1.807) is 24.3 Å². The number of carbonyl (C=O) groups excluding carboxylic acids is 3. The Balaban J connectivity index is 1.38. The Bertz CT molecular complexity index is 774. The van der Waals surface area contributed by atoms with E-state index in [9.17, 15) is 14.4 Å². The average Bonchev–Trinajstić information content (AvgIpc) is 2.57. The van der Waals surface area contributed by atoms with E-state index < -0.39 is 5.41 Å². The summed E-state index contributed by atoms with van der Waals surface area (Å²) in [6.45, 7) is 1.20. The smallest absolute Gasteiger partial charge is 0.312 e. The lowest BCUT2D eigenvalue weighted by Crippen LogP contribution is -2.56. The molecule has 1 aromatic carbocycles. The highest BCUT2D eigenvalue weighted by Crippen LogP contribution is 2.64. The van der Waals surface area contributed by atoms with Gasteiger partial charge in [0, 0.05) is 22.5 Å². The fraction of sp³-hybridized carbons (Fsp3) is 0.571. The molecule has 4 aliphatic carbocycles. The third-order valence-corrected chi connectivity index (χ3v) is 7.21. The fourth-order valence-corrected chi connectivity index (χ4v) is 7.15. The molecule has 27 heavy (non-hydrogen) atoms. The van der Waals surface area contributed by atoms with Crippen LogP contribution in [0, 0.1) is 17.3 Å². The standard InChI is InChI=1S/C21H24BrNO4/c1-13(24)23-17-4-2-16(3-5-17)18(25)11-27-19(26)20-7-14-6-15(8-20)10-21(22,9-14)12-20/h2-5,14-15H,6-12H2,1H3,(H,23,24). The summed E-state index contributed by atoms with van der Waals surface area (Å²) >= 11 is 3.90. The molecule has 1 N–H and O–H groups in total. The van der Waals surface area contributed by atoms with Gasteiger partial charge in [-0.15, -0.1) is 0 Å². The number of halogens is 1. The second-order valence-electron chi connectivity index (χ2n) is 8.65. The molecule has 4 aliphatic rings. The van der Waals surface area contributed by atoms with Crippen LogP contribution in [0.5, 0.6) is 0 Å². The Morgan fingerprint density at radius 1 is 1.11 bits per heavy atom. The van der Waals surface area contributed by atoms with Crippen molar-refractivity contribution in [3.05, 3.63) is 29.8 Å². The third kappa shape index (κ3) is 3.68. The Kier molecular flexibility index (Phi) is 4.65. The van der Waals surface area contributed by atoms with Crippen molar-refractivity contribution in [2.75, 3.05) is 11.9 Å². The molecule has 5 nitrogen and oxygen atoms in total. The summed E-state index contributed by atoms with van der Waals surface area (Å²) in [5.41, 5.74) is 0.690. The van der Waals surface area contributed by atoms with Crippen LogP contribution in [0.2, 0.25) is 0 Å². The van der Waals surface area contributed by atoms with Gasteiger partial charge in [-0.3, -0.25) is 14.4 Å². The SMILES string of the molecule is CC(=O)Nc1ccc(C(=O)COC(=O)C23CC4CC(CC(Br)(C4)C2)C3)cc1. The molecule has 0 aliphatic heterocycles. The number of carbonyl (C=O) groups is 3. The number of ketones is 1. The van der Waals surface area contributed by atoms with E-state index in [4.69, 9.17) is 4.74 Å². The molecule has 1 aromatic rings. The molecule has 0 spiro atoms. The lowest BCUT2D eigenvalue weighted by Gasteiger charge is -2.58. The maximum atomic E-state index is 12.9. The van der Waals surface area contributed by atoms with Crippen LogP contribution >= 0.6 is 15.9 Å². The Labute approximate surface area is 167 Å². The number of nitrogens with one attached hydrogen (secondary N) is 1. The normalized spacial score (nSPS) is 33.6. The van der Waals surface area contributed by atoms with E-state index >= 15 is 0 Å². The van der Waals surface area contributed by atoms with E-state index in [1.807, 2.05) is 0 Å². The molecule has 4 saturated carbocycles. The van der Waals surface area contributed by atoms with E-state index in [0.717, 1.165) is 32.1 Å². The van der Waals surface area contributed by atoms with Crippen molar-refractivity contribution in [1.82, 2.24) is 0 Å². The van der Waals surface area contributed by atoms with Gasteiger partial charge >= 0.3 is 5.97 Å². The van der Waals surface area contributed by atoms with Crippen molar-refractivity contribution in [1.29, 1.82) is 0 Å². The first kappa shape index (κ1) is 18.7. The number of benzene rings is 1. The molecule has 2 unspecified atom stereocenters. The van der Waals surface area contributed by atoms with Crippen LogP contribution in [0.1, 0.15) is 55.8 Å². The first-order valence-corrected chi connectivity index (χ1v) is 10.3. The number of amides is 1. The Hall–Kier alpha value is -1.69. The minimum atomic E-state index is -0.414. The molecular formula is C21H24BrNO4. The van der Waals surface area contributed by atoms with Gasteiger partial charge in [-0.1, -0.05) is 15.9 Å². The number of ether oxygens (including phenoxy) is 1. The largest absolute Gasteiger partial charge is 0.457 e. The summed E-state index contributed by atoms with van der Waals surface area (Å²) < 4.78 is 5.59. The molecular weight excluding hydrogens is 410 g/mol. The van der Waals surface area contributed by atoms with Crippen molar-refractivity contribution in [2.45, 2.75) is 49.8 Å². The van der Waals surface area contributed by atoms with Crippen LogP contribution in [0.3, 0.4) is 0 Å². The first-order chi connectivity index (χ1) is 12.8. The van der Waals surface area contributed by atoms with Gasteiger partial charge in [-0.05, 0) is 74.6 Å². The predicted octanol–water partition coefficient (Wildman–Crippen LogP) is 4.10. The monoisotopic (exact) mass is 433 g/mol. The molecule has 0 radical (unpaired) electrons. The highest BCUT2D eigenvalue weighted by atomic mass is 79.9. The van der Waals surface area contributed by atoms with Gasteiger partial charge in [0.25, 0.3) is 0 Å². The lowest BCUT2D eigenvalue weighted by atomic mass is 9.49. The highest BCUT2D eigenvalue weighted by Gasteiger charge is 2.60. The summed E-state index contributed by atoms with van der Waals surface area (Å²) in [6.07, 6.45) is 6.15. The molecule has 4 bridgehead atoms. The van der Waals surface area contributed by atoms with E-state index in [2.05, 4.69) is 21.2 Å². The summed E-state index contributed by atoms with van der Waals surface area (Å²) in [5.74, 6) is 0.591. The van der Waals surface area contributed by atoms with Gasteiger partial charge in [0.15, 0.2) is 12.4 Å². The van der Waals surface area contributed by atoms with Crippen LogP contribution in [-0.2, 0) is 14.3 Å². The molecule has 6 heteroatoms. The van der Waals surface area contributed by atoms with Crippen LogP contribution in [0.25, 0.3) is 0 Å². The second-order valence-corrected chi connectivity index (χ2v) is 10.3. The summed E-state index contributed by atoms with van der Waals surface area (Å²) in [6, 6.07) is 6.62. The average molecular weight is 434 g/mol. The number of rotatable bonds is 5. The van der Waals surface area contributed by atoms with E-state index in [1.165, 1.54) is 13.3 Å². The van der Waals surface area contributed by atoms with Crippen molar-refractivity contribution < 1.29 is 19.1 Å². The number of hydrogen-bond acceptors (Lipinski definition) is 4. The quantitative estimate of drug-likeness (QED) is 0.430. The summed E-state index contributed by atoms with van der Waals surface area (Å²) in [4.78, 5) is 36.4. The second kappa shape index (κ2) is 6.73. The first-order valence-electron chi connectivity index (χ1n) is 9.54. The van der Waals surface area contributed by atoms with E-state index in [0.29, 0.717) is 23.1 Å². The molecule has 144 valence electrons. The van der Waals surface area contributed by atoms with Gasteiger partial charge in [0.05, 0.1) is 5.41 Å². The van der Waals surface area contributed by atoms with Gasteiger partial charge in [0.2, 0.25) is 5.91 Å². The number of hydrogen-bond donors (Lipinski definition) is 1. The highest BCUT2D eigenvalue weighted by molar-refractivity contribution is 9.10. The van der Waals surface area contributed by atoms with Gasteiger partial charge in [-0.25, -0.2) is 0 Å². The number of esters is 1. The number of anilines is 1. The minimum absolute atomic E-state index is 0.0830. The number of alkyl halides is 1. The van der Waals surface area contributed by atoms with Crippen LogP contribution in [0.4, 0.5) is 5.69 Å². The zero-order valence-electron chi connectivity index (χ0n) is 15.4. The van der Waals surface area contributed by atoms with Gasteiger partial charge in [0.1, 0.15) is 0 Å². The zero-order valence-corrected chi connectivity index (χ0v) is 17.0. The minimum Gasteiger partial charge on any atom is -0.457 e. The molecule has 5 rings (SSSR count). The molecule has 0 aromatic heterocycles. The Morgan fingerprint density at radius 3 is 2.30 bits per heavy atom. The zero-order chi connectivity index (χ0) is 19.2. The Morgan fingerprint density at radius 2 is 1.74 bits per heavy atom. The van der Waals surface area contributed by atoms with Gasteiger partial charge in [-0.2, -0.15) is 0 Å². The van der Waals surface area contributed by atoms with Crippen molar-refractivity contribution in [3.8, 4) is 0 Å². The number of Topliss-reactive ketones (excluding diaryl/α,β-unsaturated/α-hetero) is 1. The third-order valence-electron chi connectivity index (χ3n) is 6.28. The molecule has 4 fully saturated rings. The molecule has 0 heterocycles. The summed E-state index contributed by atoms with van der Waals surface area (Å²) in [5, 5.41) is 2.66. The van der Waals surface area contributed by atoms with Gasteiger partial charge < -0.3 is 10.1 Å². The summed E-state index contributed by atoms with van der Waals surface area (Å²) in [7, 11) is 0. The van der Waals surface area contributed by atoms with Crippen molar-refractivity contribution >= 4 is 39.3 Å². The maximum Gasteiger partial charge on any atom is 0.312 e. The fourth-order valence-electron chi connectivity index (χ4n) is 5.70. The van der Waals surface area contributed by atoms with Crippen LogP contribution < -0.4 is 5.32 Å². The maximum absolute atomic E-state index is 12.9. The van der Waals surface area contributed by atoms with Crippen molar-refractivity contribution in [3.63, 3.8) is 0 Å². The van der Waals surface area contributed by atoms with Crippen LogP contribution in [-0.4, -0.2) is 28.6 Å². The van der Waals surface area contributed by atoms with E-state index in [-0.39, 0.29) is 28.6 Å². The van der Waals surface area contributed by atoms with Crippen LogP contribution in [0.15, 0.2) is 24.3 Å². The molecule has 2 atom stereocenters. The lowest BCUT2D eigenvalue weighted by molar-refractivity contribution is -0.168.